The minimum atomic E-state index is -0.233. The second-order valence-corrected chi connectivity index (χ2v) is 3.19. The van der Waals surface area contributed by atoms with Crippen molar-refractivity contribution in [2.24, 2.45) is 0 Å². The summed E-state index contributed by atoms with van der Waals surface area (Å²) in [7, 11) is 1.56. The van der Waals surface area contributed by atoms with Crippen LogP contribution in [0.15, 0.2) is 18.2 Å². The van der Waals surface area contributed by atoms with E-state index < -0.39 is 0 Å². The number of aldehydes is 1. The number of methoxy groups -OCH3 is 1. The van der Waals surface area contributed by atoms with Gasteiger partial charge in [0.05, 0.1) is 7.11 Å². The van der Waals surface area contributed by atoms with E-state index in [4.69, 9.17) is 16.3 Å². The lowest BCUT2D eigenvalue weighted by Gasteiger charge is -2.11. The van der Waals surface area contributed by atoms with Gasteiger partial charge in [-0.2, -0.15) is 0 Å². The molecule has 0 radical (unpaired) electrons. The van der Waals surface area contributed by atoms with E-state index >= 15 is 0 Å². The highest BCUT2D eigenvalue weighted by molar-refractivity contribution is 6.31. The molecule has 0 fully saturated rings. The van der Waals surface area contributed by atoms with Gasteiger partial charge in [-0.05, 0) is 12.1 Å². The smallest absolute Gasteiger partial charge is 0.127 e. The molecule has 0 spiro atoms. The predicted octanol–water partition coefficient (Wildman–Crippen LogP) is 2.65. The van der Waals surface area contributed by atoms with E-state index in [2.05, 4.69) is 0 Å². The van der Waals surface area contributed by atoms with Crippen LogP contribution in [0.4, 0.5) is 0 Å². The Morgan fingerprint density at radius 2 is 2.23 bits per heavy atom. The summed E-state index contributed by atoms with van der Waals surface area (Å²) in [4.78, 5) is 10.6. The second kappa shape index (κ2) is 4.28. The summed E-state index contributed by atoms with van der Waals surface area (Å²) in [5, 5.41) is 0.568. The molecule has 0 saturated heterocycles. The number of hydrogen-bond donors (Lipinski definition) is 0. The Hall–Kier alpha value is -1.02. The van der Waals surface area contributed by atoms with E-state index in [1.165, 1.54) is 0 Å². The molecular weight excluding hydrogens is 188 g/mol. The minimum Gasteiger partial charge on any atom is -0.496 e. The highest BCUT2D eigenvalue weighted by Gasteiger charge is 2.13. The quantitative estimate of drug-likeness (QED) is 0.698. The second-order valence-electron chi connectivity index (χ2n) is 2.78. The maximum atomic E-state index is 10.6. The van der Waals surface area contributed by atoms with Gasteiger partial charge in [-0.3, -0.25) is 0 Å². The molecule has 0 bridgehead atoms. The third kappa shape index (κ3) is 2.01. The maximum Gasteiger partial charge on any atom is 0.127 e. The SMILES string of the molecule is COc1cccc(Cl)c1C(C)C=O. The van der Waals surface area contributed by atoms with Crippen LogP contribution in [-0.2, 0) is 4.79 Å². The van der Waals surface area contributed by atoms with Crippen LogP contribution in [0, 0.1) is 0 Å². The van der Waals surface area contributed by atoms with Gasteiger partial charge in [-0.25, -0.2) is 0 Å². The largest absolute Gasteiger partial charge is 0.496 e. The molecule has 0 amide bonds. The lowest BCUT2D eigenvalue weighted by atomic mass is 10.0. The number of ether oxygens (including phenoxy) is 1. The summed E-state index contributed by atoms with van der Waals surface area (Å²) >= 11 is 5.94. The van der Waals surface area contributed by atoms with Crippen LogP contribution in [0.1, 0.15) is 18.4 Å². The fourth-order valence-electron chi connectivity index (χ4n) is 1.21. The average molecular weight is 199 g/mol. The molecule has 1 rings (SSSR count). The summed E-state index contributed by atoms with van der Waals surface area (Å²) in [5.74, 6) is 0.427. The third-order valence-corrected chi connectivity index (χ3v) is 2.22. The number of rotatable bonds is 3. The monoisotopic (exact) mass is 198 g/mol. The summed E-state index contributed by atoms with van der Waals surface area (Å²) in [6.07, 6.45) is 0.851. The van der Waals surface area contributed by atoms with Crippen molar-refractivity contribution >= 4 is 17.9 Å². The molecule has 0 heterocycles. The van der Waals surface area contributed by atoms with Gasteiger partial charge in [-0.1, -0.05) is 24.6 Å². The fourth-order valence-corrected chi connectivity index (χ4v) is 1.54. The van der Waals surface area contributed by atoms with E-state index in [1.807, 2.05) is 0 Å². The van der Waals surface area contributed by atoms with Crippen LogP contribution in [0.5, 0.6) is 5.75 Å². The Morgan fingerprint density at radius 3 is 2.77 bits per heavy atom. The van der Waals surface area contributed by atoms with Gasteiger partial charge in [-0.15, -0.1) is 0 Å². The van der Waals surface area contributed by atoms with Crippen molar-refractivity contribution in [3.05, 3.63) is 28.8 Å². The Morgan fingerprint density at radius 1 is 1.54 bits per heavy atom. The van der Waals surface area contributed by atoms with Gasteiger partial charge >= 0.3 is 0 Å². The molecule has 0 aliphatic heterocycles. The van der Waals surface area contributed by atoms with Crippen molar-refractivity contribution < 1.29 is 9.53 Å². The van der Waals surface area contributed by atoms with Crippen molar-refractivity contribution in [2.75, 3.05) is 7.11 Å². The Bertz CT molecular complexity index is 310. The van der Waals surface area contributed by atoms with Gasteiger partial charge < -0.3 is 9.53 Å². The summed E-state index contributed by atoms with van der Waals surface area (Å²) < 4.78 is 5.11. The zero-order valence-electron chi connectivity index (χ0n) is 7.58. The van der Waals surface area contributed by atoms with Crippen molar-refractivity contribution in [1.29, 1.82) is 0 Å². The summed E-state index contributed by atoms with van der Waals surface area (Å²) in [6, 6.07) is 5.34. The summed E-state index contributed by atoms with van der Waals surface area (Å²) in [6.45, 7) is 1.79. The van der Waals surface area contributed by atoms with Crippen LogP contribution in [0.2, 0.25) is 5.02 Å². The number of hydrogen-bond acceptors (Lipinski definition) is 2. The zero-order chi connectivity index (χ0) is 9.84. The first-order valence-electron chi connectivity index (χ1n) is 3.98. The molecule has 13 heavy (non-hydrogen) atoms. The van der Waals surface area contributed by atoms with Crippen LogP contribution in [0.25, 0.3) is 0 Å². The van der Waals surface area contributed by atoms with Gasteiger partial charge in [0.1, 0.15) is 12.0 Å². The molecule has 2 nitrogen and oxygen atoms in total. The van der Waals surface area contributed by atoms with E-state index in [1.54, 1.807) is 32.2 Å². The number of carbonyl (C=O) groups is 1. The molecule has 1 aromatic carbocycles. The maximum absolute atomic E-state index is 10.6. The van der Waals surface area contributed by atoms with Crippen LogP contribution < -0.4 is 4.74 Å². The normalized spacial score (nSPS) is 12.2. The lowest BCUT2D eigenvalue weighted by molar-refractivity contribution is -0.108. The van der Waals surface area contributed by atoms with E-state index in [-0.39, 0.29) is 5.92 Å². The minimum absolute atomic E-state index is 0.233. The molecule has 0 saturated carbocycles. The number of carbonyl (C=O) groups excluding carboxylic acids is 1. The Labute approximate surface area is 82.5 Å². The first-order valence-corrected chi connectivity index (χ1v) is 4.36. The molecule has 1 unspecified atom stereocenters. The standard InChI is InChI=1S/C10H11ClO2/c1-7(6-12)10-8(11)4-3-5-9(10)13-2/h3-7H,1-2H3. The predicted molar refractivity (Wildman–Crippen MR) is 52.5 cm³/mol. The molecular formula is C10H11ClO2. The first-order chi connectivity index (χ1) is 6.20. The molecule has 0 aromatic heterocycles. The summed E-state index contributed by atoms with van der Waals surface area (Å²) in [5.41, 5.74) is 0.752. The van der Waals surface area contributed by atoms with E-state index in [0.717, 1.165) is 11.8 Å². The molecule has 0 N–H and O–H groups in total. The number of halogens is 1. The Kier molecular flexibility index (Phi) is 3.32. The van der Waals surface area contributed by atoms with Crippen molar-refractivity contribution in [2.45, 2.75) is 12.8 Å². The fraction of sp³-hybridized carbons (Fsp3) is 0.300. The lowest BCUT2D eigenvalue weighted by Crippen LogP contribution is -1.99. The highest BCUT2D eigenvalue weighted by Crippen LogP contribution is 2.31. The molecule has 0 aliphatic rings. The molecule has 70 valence electrons. The highest BCUT2D eigenvalue weighted by atomic mass is 35.5. The van der Waals surface area contributed by atoms with Crippen molar-refractivity contribution in [3.8, 4) is 5.75 Å². The van der Waals surface area contributed by atoms with Gasteiger partial charge in [0.15, 0.2) is 0 Å². The van der Waals surface area contributed by atoms with Gasteiger partial charge in [0.25, 0.3) is 0 Å². The third-order valence-electron chi connectivity index (χ3n) is 1.89. The van der Waals surface area contributed by atoms with Gasteiger partial charge in [0.2, 0.25) is 0 Å². The Balaban J connectivity index is 3.22. The van der Waals surface area contributed by atoms with Crippen LogP contribution in [0.3, 0.4) is 0 Å². The molecule has 1 aromatic rings. The first kappa shape index (κ1) is 10.1. The van der Waals surface area contributed by atoms with E-state index in [0.29, 0.717) is 10.8 Å². The molecule has 3 heteroatoms. The molecule has 1 atom stereocenters. The van der Waals surface area contributed by atoms with Gasteiger partial charge in [0, 0.05) is 16.5 Å². The van der Waals surface area contributed by atoms with Crippen LogP contribution >= 0.6 is 11.6 Å². The van der Waals surface area contributed by atoms with Crippen LogP contribution in [-0.4, -0.2) is 13.4 Å². The van der Waals surface area contributed by atoms with Crippen molar-refractivity contribution in [1.82, 2.24) is 0 Å². The van der Waals surface area contributed by atoms with Crippen molar-refractivity contribution in [3.63, 3.8) is 0 Å². The van der Waals surface area contributed by atoms with E-state index in [9.17, 15) is 4.79 Å². The average Bonchev–Trinajstić information content (AvgIpc) is 2.16. The molecule has 0 aliphatic carbocycles. The topological polar surface area (TPSA) is 26.3 Å². The zero-order valence-corrected chi connectivity index (χ0v) is 8.34. The number of benzene rings is 1.